The molecule has 0 spiro atoms. The Hall–Kier alpha value is -2.89. The number of fused-ring (bicyclic) bond motifs is 1. The number of allylic oxidation sites excluding steroid dienone is 1. The Morgan fingerprint density at radius 2 is 1.83 bits per heavy atom. The second-order valence-corrected chi connectivity index (χ2v) is 5.44. The molecule has 1 aromatic carbocycles. The minimum absolute atomic E-state index is 0.0303. The van der Waals surface area contributed by atoms with Gasteiger partial charge in [0.15, 0.2) is 0 Å². The van der Waals surface area contributed by atoms with Gasteiger partial charge in [0, 0.05) is 13.6 Å². The van der Waals surface area contributed by atoms with E-state index in [0.717, 1.165) is 16.6 Å². The van der Waals surface area contributed by atoms with E-state index in [-0.39, 0.29) is 11.3 Å². The first-order chi connectivity index (χ1) is 11.0. The minimum atomic E-state index is -0.564. The van der Waals surface area contributed by atoms with E-state index in [4.69, 9.17) is 0 Å². The average Bonchev–Trinajstić information content (AvgIpc) is 2.87. The second kappa shape index (κ2) is 5.72. The molecule has 0 aliphatic carbocycles. The lowest BCUT2D eigenvalue weighted by Gasteiger charge is -2.11. The van der Waals surface area contributed by atoms with Crippen molar-refractivity contribution in [2.45, 2.75) is 19.9 Å². The number of aromatic nitrogens is 2. The van der Waals surface area contributed by atoms with E-state index in [9.17, 15) is 14.4 Å². The minimum Gasteiger partial charge on any atom is -0.338 e. The Morgan fingerprint density at radius 1 is 1.13 bits per heavy atom. The number of carbonyl (C=O) groups excluding carboxylic acids is 1. The van der Waals surface area contributed by atoms with Crippen LogP contribution < -0.4 is 16.6 Å². The van der Waals surface area contributed by atoms with Crippen LogP contribution >= 0.6 is 0 Å². The van der Waals surface area contributed by atoms with Crippen LogP contribution in [0.2, 0.25) is 0 Å². The number of rotatable bonds is 3. The number of hydrogen-bond acceptors (Lipinski definition) is 4. The van der Waals surface area contributed by atoms with Gasteiger partial charge < -0.3 is 5.32 Å². The van der Waals surface area contributed by atoms with Crippen LogP contribution in [0.5, 0.6) is 0 Å². The molecular formula is C17H17N3O3. The second-order valence-electron chi connectivity index (χ2n) is 5.44. The molecule has 2 aromatic rings. The molecule has 0 saturated heterocycles. The third kappa shape index (κ3) is 2.42. The number of benzene rings is 1. The van der Waals surface area contributed by atoms with Crippen LogP contribution in [0.3, 0.4) is 0 Å². The topological polar surface area (TPSA) is 73.1 Å². The molecule has 23 heavy (non-hydrogen) atoms. The monoisotopic (exact) mass is 311 g/mol. The highest BCUT2D eigenvalue weighted by atomic mass is 16.2. The summed E-state index contributed by atoms with van der Waals surface area (Å²) in [6, 6.07) is 9.34. The van der Waals surface area contributed by atoms with Gasteiger partial charge in [0.1, 0.15) is 11.4 Å². The van der Waals surface area contributed by atoms with Crippen LogP contribution in [0.15, 0.2) is 45.6 Å². The third-order valence-electron chi connectivity index (χ3n) is 3.83. The van der Waals surface area contributed by atoms with Gasteiger partial charge in [-0.3, -0.25) is 18.7 Å². The first-order valence-corrected chi connectivity index (χ1v) is 7.47. The molecule has 0 unspecified atom stereocenters. The van der Waals surface area contributed by atoms with Crippen molar-refractivity contribution in [3.63, 3.8) is 0 Å². The number of anilines is 1. The first kappa shape index (κ1) is 15.0. The maximum atomic E-state index is 12.6. The fourth-order valence-electron chi connectivity index (χ4n) is 2.67. The number of nitrogens with zero attached hydrogens (tertiary/aromatic N) is 2. The van der Waals surface area contributed by atoms with Crippen molar-refractivity contribution in [2.24, 2.45) is 7.05 Å². The molecule has 6 nitrogen and oxygen atoms in total. The molecule has 1 N–H and O–H groups in total. The van der Waals surface area contributed by atoms with Crippen molar-refractivity contribution in [3.05, 3.63) is 68.0 Å². The maximum absolute atomic E-state index is 12.6. The number of Topliss-reactive ketones (excluding diaryl/α,β-unsaturated/α-hetero) is 1. The van der Waals surface area contributed by atoms with E-state index in [0.29, 0.717) is 18.1 Å². The third-order valence-corrected chi connectivity index (χ3v) is 3.83. The van der Waals surface area contributed by atoms with Gasteiger partial charge in [0.25, 0.3) is 5.56 Å². The maximum Gasteiger partial charge on any atom is 0.332 e. The number of hydrogen-bond donors (Lipinski definition) is 1. The largest absolute Gasteiger partial charge is 0.338 e. The van der Waals surface area contributed by atoms with Crippen LogP contribution in [0.1, 0.15) is 29.3 Å². The molecular weight excluding hydrogens is 294 g/mol. The summed E-state index contributed by atoms with van der Waals surface area (Å²) in [6.07, 6.45) is 2.40. The molecule has 3 rings (SSSR count). The summed E-state index contributed by atoms with van der Waals surface area (Å²) >= 11 is 0. The fourth-order valence-corrected chi connectivity index (χ4v) is 2.67. The van der Waals surface area contributed by atoms with Gasteiger partial charge in [0.2, 0.25) is 5.78 Å². The Labute approximate surface area is 132 Å². The van der Waals surface area contributed by atoms with Crippen LogP contribution in [0.4, 0.5) is 5.82 Å². The highest BCUT2D eigenvalue weighted by Crippen LogP contribution is 2.25. The van der Waals surface area contributed by atoms with E-state index < -0.39 is 11.2 Å². The first-order valence-electron chi connectivity index (χ1n) is 7.47. The highest BCUT2D eigenvalue weighted by Gasteiger charge is 2.32. The predicted octanol–water partition coefficient (Wildman–Crippen LogP) is 1.61. The fraction of sp³-hybridized carbons (Fsp3) is 0.235. The quantitative estimate of drug-likeness (QED) is 0.874. The van der Waals surface area contributed by atoms with Crippen molar-refractivity contribution in [2.75, 3.05) is 5.32 Å². The summed E-state index contributed by atoms with van der Waals surface area (Å²) in [5, 5.41) is 2.96. The summed E-state index contributed by atoms with van der Waals surface area (Å²) in [7, 11) is 1.39. The van der Waals surface area contributed by atoms with Gasteiger partial charge >= 0.3 is 5.69 Å². The van der Waals surface area contributed by atoms with Gasteiger partial charge in [-0.1, -0.05) is 37.3 Å². The van der Waals surface area contributed by atoms with E-state index in [1.165, 1.54) is 11.6 Å². The molecule has 118 valence electrons. The SMILES string of the molecule is CCCn1c2c(c(=O)n(C)c1=O)C(=O)/C(=C/c1ccccc1)N2. The molecule has 1 aromatic heterocycles. The molecule has 2 heterocycles. The van der Waals surface area contributed by atoms with E-state index in [1.54, 1.807) is 6.08 Å². The van der Waals surface area contributed by atoms with Crippen molar-refractivity contribution in [1.82, 2.24) is 9.13 Å². The molecule has 0 atom stereocenters. The van der Waals surface area contributed by atoms with Crippen molar-refractivity contribution >= 4 is 17.7 Å². The summed E-state index contributed by atoms with van der Waals surface area (Å²) in [5.41, 5.74) is 0.196. The Balaban J connectivity index is 2.18. The zero-order valence-corrected chi connectivity index (χ0v) is 13.0. The zero-order valence-electron chi connectivity index (χ0n) is 13.0. The Bertz CT molecular complexity index is 921. The van der Waals surface area contributed by atoms with Crippen molar-refractivity contribution in [3.8, 4) is 0 Å². The number of carbonyl (C=O) groups is 1. The highest BCUT2D eigenvalue weighted by molar-refractivity contribution is 6.19. The van der Waals surface area contributed by atoms with Crippen LogP contribution in [-0.2, 0) is 13.6 Å². The van der Waals surface area contributed by atoms with Gasteiger partial charge in [-0.15, -0.1) is 0 Å². The van der Waals surface area contributed by atoms with Crippen LogP contribution in [-0.4, -0.2) is 14.9 Å². The lowest BCUT2D eigenvalue weighted by Crippen LogP contribution is -2.40. The van der Waals surface area contributed by atoms with Crippen molar-refractivity contribution in [1.29, 1.82) is 0 Å². The molecule has 6 heteroatoms. The molecule has 0 fully saturated rings. The van der Waals surface area contributed by atoms with Gasteiger partial charge in [-0.25, -0.2) is 4.79 Å². The molecule has 0 bridgehead atoms. The lowest BCUT2D eigenvalue weighted by molar-refractivity contribution is 0.104. The summed E-state index contributed by atoms with van der Waals surface area (Å²) in [6.45, 7) is 2.37. The molecule has 0 amide bonds. The molecule has 1 aliphatic rings. The molecule has 0 radical (unpaired) electrons. The zero-order chi connectivity index (χ0) is 16.6. The Morgan fingerprint density at radius 3 is 2.48 bits per heavy atom. The van der Waals surface area contributed by atoms with E-state index >= 15 is 0 Å². The Kier molecular flexibility index (Phi) is 3.73. The van der Waals surface area contributed by atoms with Gasteiger partial charge in [0.05, 0.1) is 5.70 Å². The number of nitrogens with one attached hydrogen (secondary N) is 1. The van der Waals surface area contributed by atoms with E-state index in [2.05, 4.69) is 5.32 Å². The smallest absolute Gasteiger partial charge is 0.332 e. The van der Waals surface area contributed by atoms with Crippen LogP contribution in [0.25, 0.3) is 6.08 Å². The van der Waals surface area contributed by atoms with Crippen LogP contribution in [0, 0.1) is 0 Å². The molecule has 1 aliphatic heterocycles. The average molecular weight is 311 g/mol. The van der Waals surface area contributed by atoms with E-state index in [1.807, 2.05) is 37.3 Å². The lowest BCUT2D eigenvalue weighted by atomic mass is 10.1. The van der Waals surface area contributed by atoms with Gasteiger partial charge in [-0.05, 0) is 18.1 Å². The normalized spacial score (nSPS) is 14.9. The van der Waals surface area contributed by atoms with Gasteiger partial charge in [-0.2, -0.15) is 0 Å². The summed E-state index contributed by atoms with van der Waals surface area (Å²) < 4.78 is 2.43. The standard InChI is InChI=1S/C17H17N3O3/c1-3-9-20-15-13(16(22)19(2)17(20)23)14(21)12(18-15)10-11-7-5-4-6-8-11/h4-8,10,18H,3,9H2,1-2H3/b12-10-. The number of ketones is 1. The summed E-state index contributed by atoms with van der Waals surface area (Å²) in [4.78, 5) is 37.2. The molecule has 0 saturated carbocycles. The predicted molar refractivity (Wildman–Crippen MR) is 88.6 cm³/mol. The summed E-state index contributed by atoms with van der Waals surface area (Å²) in [5.74, 6) is -0.0820. The van der Waals surface area contributed by atoms with Crippen molar-refractivity contribution < 1.29 is 4.79 Å².